The summed E-state index contributed by atoms with van der Waals surface area (Å²) in [5, 5.41) is -0.00400. The second-order valence-electron chi connectivity index (χ2n) is 6.65. The van der Waals surface area contributed by atoms with Gasteiger partial charge in [0, 0.05) is 25.2 Å². The van der Waals surface area contributed by atoms with E-state index in [2.05, 4.69) is 4.98 Å². The predicted molar refractivity (Wildman–Crippen MR) is 96.0 cm³/mol. The molecule has 2 aromatic rings. The molecule has 0 atom stereocenters. The fourth-order valence-electron chi connectivity index (χ4n) is 3.62. The largest absolute Gasteiger partial charge is 0.497 e. The molecule has 1 aromatic carbocycles. The Hall–Kier alpha value is -2.35. The topological polar surface area (TPSA) is 81.5 Å². The van der Waals surface area contributed by atoms with Gasteiger partial charge < -0.3 is 14.2 Å². The molecule has 1 saturated heterocycles. The van der Waals surface area contributed by atoms with Crippen molar-refractivity contribution in [1.29, 1.82) is 0 Å². The van der Waals surface area contributed by atoms with Crippen molar-refractivity contribution in [3.05, 3.63) is 30.0 Å². The SMILES string of the molecule is COc1cccc(-c2nc3n(c2C(=O)N2CCCCC2)CCS3(=O)=O)c1. The summed E-state index contributed by atoms with van der Waals surface area (Å²) >= 11 is 0. The maximum Gasteiger partial charge on any atom is 0.272 e. The number of hydrogen-bond donors (Lipinski definition) is 0. The maximum atomic E-state index is 13.2. The van der Waals surface area contributed by atoms with Crippen LogP contribution in [0.5, 0.6) is 5.75 Å². The molecule has 1 amide bonds. The number of nitrogens with zero attached hydrogens (tertiary/aromatic N) is 3. The number of aromatic nitrogens is 2. The standard InChI is InChI=1S/C18H21N3O4S/c1-25-14-7-5-6-13(12-14)15-16(17(22)20-8-3-2-4-9-20)21-10-11-26(23,24)18(21)19-15/h5-7,12H,2-4,8-11H2,1H3. The highest BCUT2D eigenvalue weighted by Gasteiger charge is 2.37. The molecule has 2 aliphatic rings. The summed E-state index contributed by atoms with van der Waals surface area (Å²) in [5.41, 5.74) is 1.47. The van der Waals surface area contributed by atoms with Crippen molar-refractivity contribution in [2.24, 2.45) is 0 Å². The van der Waals surface area contributed by atoms with Crippen LogP contribution in [0.1, 0.15) is 29.8 Å². The summed E-state index contributed by atoms with van der Waals surface area (Å²) in [4.78, 5) is 19.4. The van der Waals surface area contributed by atoms with Crippen LogP contribution in [0.4, 0.5) is 0 Å². The Morgan fingerprint density at radius 2 is 1.92 bits per heavy atom. The minimum absolute atomic E-state index is 0.00400. The van der Waals surface area contributed by atoms with E-state index in [4.69, 9.17) is 4.74 Å². The van der Waals surface area contributed by atoms with Crippen LogP contribution in [-0.2, 0) is 16.4 Å². The summed E-state index contributed by atoms with van der Waals surface area (Å²) in [6.45, 7) is 1.66. The minimum Gasteiger partial charge on any atom is -0.497 e. The molecule has 0 radical (unpaired) electrons. The molecule has 3 heterocycles. The highest BCUT2D eigenvalue weighted by molar-refractivity contribution is 7.91. The summed E-state index contributed by atoms with van der Waals surface area (Å²) in [6.07, 6.45) is 3.06. The van der Waals surface area contributed by atoms with Crippen molar-refractivity contribution in [3.63, 3.8) is 0 Å². The molecule has 0 N–H and O–H groups in total. The lowest BCUT2D eigenvalue weighted by atomic mass is 10.1. The van der Waals surface area contributed by atoms with Crippen LogP contribution in [-0.4, -0.2) is 54.7 Å². The molecular formula is C18H21N3O4S. The van der Waals surface area contributed by atoms with Crippen LogP contribution in [0, 0.1) is 0 Å². The van der Waals surface area contributed by atoms with E-state index in [1.165, 1.54) is 0 Å². The molecule has 1 fully saturated rings. The second kappa shape index (κ2) is 6.42. The fourth-order valence-corrected chi connectivity index (χ4v) is 4.97. The normalized spacial score (nSPS) is 18.6. The molecule has 2 aliphatic heterocycles. The second-order valence-corrected chi connectivity index (χ2v) is 8.65. The number of likely N-dealkylation sites (tertiary alicyclic amines) is 1. The van der Waals surface area contributed by atoms with Gasteiger partial charge in [0.05, 0.1) is 12.9 Å². The number of carbonyl (C=O) groups excluding carboxylic acids is 1. The lowest BCUT2D eigenvalue weighted by Gasteiger charge is -2.27. The lowest BCUT2D eigenvalue weighted by Crippen LogP contribution is -2.37. The summed E-state index contributed by atoms with van der Waals surface area (Å²) < 4.78 is 31.5. The number of rotatable bonds is 3. The number of amides is 1. The molecule has 138 valence electrons. The van der Waals surface area contributed by atoms with Gasteiger partial charge in [0.15, 0.2) is 0 Å². The number of ether oxygens (including phenoxy) is 1. The van der Waals surface area contributed by atoms with E-state index in [-0.39, 0.29) is 23.4 Å². The van der Waals surface area contributed by atoms with Crippen LogP contribution in [0.2, 0.25) is 0 Å². The Kier molecular flexibility index (Phi) is 4.22. The maximum absolute atomic E-state index is 13.2. The van der Waals surface area contributed by atoms with E-state index in [0.717, 1.165) is 19.3 Å². The minimum atomic E-state index is -3.45. The first-order valence-corrected chi connectivity index (χ1v) is 10.4. The monoisotopic (exact) mass is 375 g/mol. The van der Waals surface area contributed by atoms with Crippen LogP contribution < -0.4 is 4.74 Å². The number of hydrogen-bond acceptors (Lipinski definition) is 5. The van der Waals surface area contributed by atoms with Gasteiger partial charge in [-0.1, -0.05) is 12.1 Å². The molecule has 0 saturated carbocycles. The summed E-state index contributed by atoms with van der Waals surface area (Å²) in [5.74, 6) is 0.488. The summed E-state index contributed by atoms with van der Waals surface area (Å²) in [6, 6.07) is 7.20. The van der Waals surface area contributed by atoms with Gasteiger partial charge in [0.25, 0.3) is 5.91 Å². The fraction of sp³-hybridized carbons (Fsp3) is 0.444. The molecule has 8 heteroatoms. The zero-order valence-electron chi connectivity index (χ0n) is 14.6. The Morgan fingerprint density at radius 1 is 1.15 bits per heavy atom. The molecule has 26 heavy (non-hydrogen) atoms. The first-order valence-electron chi connectivity index (χ1n) is 8.78. The van der Waals surface area contributed by atoms with Gasteiger partial charge in [0.1, 0.15) is 17.1 Å². The van der Waals surface area contributed by atoms with Crippen molar-refractivity contribution < 1.29 is 17.9 Å². The molecule has 7 nitrogen and oxygen atoms in total. The summed E-state index contributed by atoms with van der Waals surface area (Å²) in [7, 11) is -1.88. The van der Waals surface area contributed by atoms with Crippen LogP contribution in [0.15, 0.2) is 29.4 Å². The van der Waals surface area contributed by atoms with Gasteiger partial charge in [-0.15, -0.1) is 0 Å². The Morgan fingerprint density at radius 3 is 2.65 bits per heavy atom. The first kappa shape index (κ1) is 17.1. The van der Waals surface area contributed by atoms with Gasteiger partial charge >= 0.3 is 0 Å². The number of sulfone groups is 1. The van der Waals surface area contributed by atoms with E-state index < -0.39 is 9.84 Å². The molecule has 0 aliphatic carbocycles. The van der Waals surface area contributed by atoms with Crippen molar-refractivity contribution >= 4 is 15.7 Å². The van der Waals surface area contributed by atoms with Gasteiger partial charge in [-0.05, 0) is 31.4 Å². The van der Waals surface area contributed by atoms with E-state index in [0.29, 0.717) is 35.8 Å². The predicted octanol–water partition coefficient (Wildman–Crippen LogP) is 1.97. The van der Waals surface area contributed by atoms with Crippen molar-refractivity contribution in [1.82, 2.24) is 14.5 Å². The third-order valence-electron chi connectivity index (χ3n) is 4.98. The third-order valence-corrected chi connectivity index (χ3v) is 6.57. The zero-order chi connectivity index (χ0) is 18.3. The molecule has 4 rings (SSSR count). The Balaban J connectivity index is 1.87. The molecular weight excluding hydrogens is 354 g/mol. The average Bonchev–Trinajstić information content (AvgIpc) is 3.19. The van der Waals surface area contributed by atoms with E-state index in [1.54, 1.807) is 23.8 Å². The van der Waals surface area contributed by atoms with Crippen LogP contribution in [0.25, 0.3) is 11.3 Å². The van der Waals surface area contributed by atoms with Gasteiger partial charge in [0.2, 0.25) is 15.0 Å². The highest BCUT2D eigenvalue weighted by atomic mass is 32.2. The van der Waals surface area contributed by atoms with E-state index in [1.807, 2.05) is 17.0 Å². The van der Waals surface area contributed by atoms with Crippen LogP contribution in [0.3, 0.4) is 0 Å². The van der Waals surface area contributed by atoms with Crippen molar-refractivity contribution in [2.45, 2.75) is 31.0 Å². The number of fused-ring (bicyclic) bond motifs is 1. The number of methoxy groups -OCH3 is 1. The number of carbonyl (C=O) groups is 1. The molecule has 0 spiro atoms. The molecule has 0 unspecified atom stereocenters. The van der Waals surface area contributed by atoms with Crippen molar-refractivity contribution in [3.8, 4) is 17.0 Å². The smallest absolute Gasteiger partial charge is 0.272 e. The lowest BCUT2D eigenvalue weighted by molar-refractivity contribution is 0.0713. The Bertz CT molecular complexity index is 959. The molecule has 1 aromatic heterocycles. The van der Waals surface area contributed by atoms with E-state index in [9.17, 15) is 13.2 Å². The van der Waals surface area contributed by atoms with Crippen molar-refractivity contribution in [2.75, 3.05) is 26.0 Å². The van der Waals surface area contributed by atoms with Gasteiger partial charge in [-0.2, -0.15) is 0 Å². The Labute approximate surface area is 152 Å². The quantitative estimate of drug-likeness (QED) is 0.819. The third kappa shape index (κ3) is 2.78. The highest BCUT2D eigenvalue weighted by Crippen LogP contribution is 2.33. The first-order chi connectivity index (χ1) is 12.5. The van der Waals surface area contributed by atoms with Gasteiger partial charge in [-0.3, -0.25) is 4.79 Å². The van der Waals surface area contributed by atoms with Crippen LogP contribution >= 0.6 is 0 Å². The number of imidazole rings is 1. The van der Waals surface area contributed by atoms with E-state index >= 15 is 0 Å². The molecule has 0 bridgehead atoms. The van der Waals surface area contributed by atoms with Gasteiger partial charge in [-0.25, -0.2) is 13.4 Å². The number of benzene rings is 1. The average molecular weight is 375 g/mol. The number of piperidine rings is 1. The zero-order valence-corrected chi connectivity index (χ0v) is 15.5.